The Balaban J connectivity index is 2.08. The van der Waals surface area contributed by atoms with Gasteiger partial charge in [-0.3, -0.25) is 0 Å². The first-order valence-corrected chi connectivity index (χ1v) is 5.31. The lowest BCUT2D eigenvalue weighted by molar-refractivity contribution is 0.384. The van der Waals surface area contributed by atoms with Crippen LogP contribution in [0.25, 0.3) is 0 Å². The lowest BCUT2D eigenvalue weighted by atomic mass is 9.86. The van der Waals surface area contributed by atoms with E-state index in [-0.39, 0.29) is 0 Å². The molecule has 1 fully saturated rings. The van der Waals surface area contributed by atoms with E-state index < -0.39 is 0 Å². The maximum atomic E-state index is 5.86. The summed E-state index contributed by atoms with van der Waals surface area (Å²) in [5.74, 6) is 1.55. The highest BCUT2D eigenvalue weighted by Gasteiger charge is 2.21. The topological polar surface area (TPSA) is 51.8 Å². The molecule has 1 saturated carbocycles. The molecule has 1 heterocycles. The normalized spacial score (nSPS) is 27.6. The van der Waals surface area contributed by atoms with Gasteiger partial charge in [0, 0.05) is 23.9 Å². The molecule has 0 bridgehead atoms. The largest absolute Gasteiger partial charge is 0.328 e. The Morgan fingerprint density at radius 2 is 2.00 bits per heavy atom. The molecule has 0 radical (unpaired) electrons. The summed E-state index contributed by atoms with van der Waals surface area (Å²) in [6.07, 6.45) is 6.37. The van der Waals surface area contributed by atoms with Crippen molar-refractivity contribution in [3.05, 3.63) is 23.8 Å². The van der Waals surface area contributed by atoms with Crippen LogP contribution in [0.3, 0.4) is 0 Å². The lowest BCUT2D eigenvalue weighted by Crippen LogP contribution is -2.26. The molecular weight excluding hydrogens is 174 g/mol. The molecule has 0 amide bonds. The highest BCUT2D eigenvalue weighted by atomic mass is 14.9. The van der Waals surface area contributed by atoms with Crippen LogP contribution in [0.1, 0.15) is 43.1 Å². The zero-order chi connectivity index (χ0) is 9.97. The molecule has 0 unspecified atom stereocenters. The fourth-order valence-corrected chi connectivity index (χ4v) is 2.04. The van der Waals surface area contributed by atoms with Crippen molar-refractivity contribution in [2.24, 2.45) is 5.73 Å². The van der Waals surface area contributed by atoms with Gasteiger partial charge in [0.15, 0.2) is 0 Å². The number of nitrogens with two attached hydrogens (primary N) is 1. The summed E-state index contributed by atoms with van der Waals surface area (Å²) in [6, 6.07) is 2.34. The third kappa shape index (κ3) is 2.10. The highest BCUT2D eigenvalue weighted by molar-refractivity contribution is 5.05. The van der Waals surface area contributed by atoms with Gasteiger partial charge >= 0.3 is 0 Å². The van der Waals surface area contributed by atoms with Crippen molar-refractivity contribution in [3.63, 3.8) is 0 Å². The van der Waals surface area contributed by atoms with Crippen LogP contribution in [0.15, 0.2) is 12.3 Å². The average molecular weight is 191 g/mol. The fraction of sp³-hybridized carbons (Fsp3) is 0.636. The molecule has 14 heavy (non-hydrogen) atoms. The van der Waals surface area contributed by atoms with Gasteiger partial charge in [0.25, 0.3) is 0 Å². The maximum Gasteiger partial charge on any atom is 0.131 e. The van der Waals surface area contributed by atoms with E-state index in [4.69, 9.17) is 5.73 Å². The molecule has 0 spiro atoms. The molecule has 1 aromatic rings. The third-order valence-electron chi connectivity index (χ3n) is 2.95. The van der Waals surface area contributed by atoms with Gasteiger partial charge < -0.3 is 5.73 Å². The van der Waals surface area contributed by atoms with Crippen molar-refractivity contribution in [1.29, 1.82) is 0 Å². The van der Waals surface area contributed by atoms with Crippen LogP contribution in [-0.2, 0) is 0 Å². The minimum absolute atomic E-state index is 0.399. The molecule has 0 aliphatic heterocycles. The van der Waals surface area contributed by atoms with Crippen molar-refractivity contribution in [2.75, 3.05) is 0 Å². The lowest BCUT2D eigenvalue weighted by Gasteiger charge is -2.24. The Morgan fingerprint density at radius 1 is 1.29 bits per heavy atom. The summed E-state index contributed by atoms with van der Waals surface area (Å²) in [6.45, 7) is 2.01. The van der Waals surface area contributed by atoms with Gasteiger partial charge in [0.2, 0.25) is 0 Å². The molecule has 76 valence electrons. The molecule has 3 nitrogen and oxygen atoms in total. The first-order valence-electron chi connectivity index (χ1n) is 5.31. The molecule has 0 saturated heterocycles. The Kier molecular flexibility index (Phi) is 2.77. The van der Waals surface area contributed by atoms with Crippen molar-refractivity contribution < 1.29 is 0 Å². The van der Waals surface area contributed by atoms with Gasteiger partial charge in [-0.25, -0.2) is 9.97 Å². The van der Waals surface area contributed by atoms with E-state index in [9.17, 15) is 0 Å². The van der Waals surface area contributed by atoms with E-state index in [1.807, 2.05) is 19.2 Å². The Bertz CT molecular complexity index is 303. The predicted molar refractivity (Wildman–Crippen MR) is 56.0 cm³/mol. The third-order valence-corrected chi connectivity index (χ3v) is 2.95. The van der Waals surface area contributed by atoms with E-state index in [1.54, 1.807) is 0 Å². The number of nitrogens with zero attached hydrogens (tertiary/aromatic N) is 2. The van der Waals surface area contributed by atoms with E-state index in [0.29, 0.717) is 12.0 Å². The van der Waals surface area contributed by atoms with Crippen LogP contribution in [0.4, 0.5) is 0 Å². The van der Waals surface area contributed by atoms with E-state index in [1.165, 1.54) is 0 Å². The summed E-state index contributed by atoms with van der Waals surface area (Å²) in [4.78, 5) is 8.81. The Labute approximate surface area is 84.8 Å². The molecule has 2 N–H and O–H groups in total. The number of rotatable bonds is 1. The molecule has 3 heteroatoms. The predicted octanol–water partition coefficient (Wildman–Crippen LogP) is 1.77. The van der Waals surface area contributed by atoms with Gasteiger partial charge in [-0.1, -0.05) is 0 Å². The van der Waals surface area contributed by atoms with E-state index >= 15 is 0 Å². The van der Waals surface area contributed by atoms with Crippen LogP contribution in [0, 0.1) is 6.92 Å². The summed E-state index contributed by atoms with van der Waals surface area (Å²) in [5, 5.41) is 0. The highest BCUT2D eigenvalue weighted by Crippen LogP contribution is 2.29. The maximum absolute atomic E-state index is 5.86. The van der Waals surface area contributed by atoms with Crippen LogP contribution < -0.4 is 5.73 Å². The molecular formula is C11H17N3. The monoisotopic (exact) mass is 191 g/mol. The minimum atomic E-state index is 0.399. The van der Waals surface area contributed by atoms with Gasteiger partial charge in [0.05, 0.1) is 0 Å². The van der Waals surface area contributed by atoms with Crippen molar-refractivity contribution in [2.45, 2.75) is 44.6 Å². The van der Waals surface area contributed by atoms with Crippen LogP contribution in [0.5, 0.6) is 0 Å². The Hall–Kier alpha value is -0.960. The first kappa shape index (κ1) is 9.59. The standard InChI is InChI=1S/C11H17N3/c1-8-6-7-13-11(14-8)9-2-4-10(12)5-3-9/h6-7,9-10H,2-5,12H2,1H3. The molecule has 1 aliphatic carbocycles. The van der Waals surface area contributed by atoms with Crippen LogP contribution in [-0.4, -0.2) is 16.0 Å². The van der Waals surface area contributed by atoms with Crippen LogP contribution >= 0.6 is 0 Å². The fourth-order valence-electron chi connectivity index (χ4n) is 2.04. The summed E-state index contributed by atoms with van der Waals surface area (Å²) in [5.41, 5.74) is 6.92. The summed E-state index contributed by atoms with van der Waals surface area (Å²) >= 11 is 0. The quantitative estimate of drug-likeness (QED) is 0.736. The Morgan fingerprint density at radius 3 is 2.64 bits per heavy atom. The van der Waals surface area contributed by atoms with Gasteiger partial charge in [-0.15, -0.1) is 0 Å². The number of hydrogen-bond donors (Lipinski definition) is 1. The summed E-state index contributed by atoms with van der Waals surface area (Å²) < 4.78 is 0. The zero-order valence-corrected chi connectivity index (χ0v) is 8.61. The van der Waals surface area contributed by atoms with Gasteiger partial charge in [-0.05, 0) is 38.7 Å². The second kappa shape index (κ2) is 4.05. The number of aromatic nitrogens is 2. The number of hydrogen-bond acceptors (Lipinski definition) is 3. The first-order chi connectivity index (χ1) is 6.75. The molecule has 1 aliphatic rings. The molecule has 2 rings (SSSR count). The summed E-state index contributed by atoms with van der Waals surface area (Å²) in [7, 11) is 0. The van der Waals surface area contributed by atoms with E-state index in [2.05, 4.69) is 9.97 Å². The average Bonchev–Trinajstić information content (AvgIpc) is 2.19. The van der Waals surface area contributed by atoms with Crippen LogP contribution in [0.2, 0.25) is 0 Å². The second-order valence-electron chi connectivity index (χ2n) is 4.17. The van der Waals surface area contributed by atoms with E-state index in [0.717, 1.165) is 37.2 Å². The SMILES string of the molecule is Cc1ccnc(C2CCC(N)CC2)n1. The molecule has 1 aromatic heterocycles. The second-order valence-corrected chi connectivity index (χ2v) is 4.17. The smallest absolute Gasteiger partial charge is 0.131 e. The molecule has 0 atom stereocenters. The van der Waals surface area contributed by atoms with Crippen molar-refractivity contribution >= 4 is 0 Å². The van der Waals surface area contributed by atoms with Gasteiger partial charge in [0.1, 0.15) is 5.82 Å². The number of aryl methyl sites for hydroxylation is 1. The zero-order valence-electron chi connectivity index (χ0n) is 8.61. The minimum Gasteiger partial charge on any atom is -0.328 e. The van der Waals surface area contributed by atoms with Crippen molar-refractivity contribution in [1.82, 2.24) is 9.97 Å². The van der Waals surface area contributed by atoms with Gasteiger partial charge in [-0.2, -0.15) is 0 Å². The molecule has 0 aromatic carbocycles. The van der Waals surface area contributed by atoms with Crippen molar-refractivity contribution in [3.8, 4) is 0 Å².